The molecule has 1 atom stereocenters. The van der Waals surface area contributed by atoms with Crippen LogP contribution in [0.3, 0.4) is 0 Å². The van der Waals surface area contributed by atoms with Crippen molar-refractivity contribution in [3.05, 3.63) is 0 Å². The summed E-state index contributed by atoms with van der Waals surface area (Å²) in [7, 11) is 0. The zero-order valence-corrected chi connectivity index (χ0v) is 23.7. The minimum atomic E-state index is -1.25. The van der Waals surface area contributed by atoms with Crippen molar-refractivity contribution in [2.24, 2.45) is 11.8 Å². The molecule has 0 bridgehead atoms. The van der Waals surface area contributed by atoms with Gasteiger partial charge in [0.2, 0.25) is 0 Å². The average molecular weight is 538 g/mol. The van der Waals surface area contributed by atoms with Crippen molar-refractivity contribution in [3.63, 3.8) is 0 Å². The third kappa shape index (κ3) is 20.2. The van der Waals surface area contributed by atoms with Crippen LogP contribution in [0, 0.1) is 11.8 Å². The van der Waals surface area contributed by atoms with Gasteiger partial charge in [-0.2, -0.15) is 0 Å². The largest absolute Gasteiger partial charge is 2.00 e. The Kier molecular flexibility index (Phi) is 25.3. The van der Waals surface area contributed by atoms with E-state index in [1.54, 1.807) is 0 Å². The van der Waals surface area contributed by atoms with Crippen molar-refractivity contribution in [1.29, 1.82) is 0 Å². The fraction of sp³-hybridized carbons (Fsp3) is 0.917. The van der Waals surface area contributed by atoms with Gasteiger partial charge in [0.15, 0.2) is 5.92 Å². The summed E-state index contributed by atoms with van der Waals surface area (Å²) in [5, 5.41) is 18.4. The number of rotatable bonds is 21. The molecule has 0 saturated heterocycles. The fourth-order valence-corrected chi connectivity index (χ4v) is 3.98. The zero-order valence-electron chi connectivity index (χ0n) is 21.3. The number of unbranched alkanes of at least 4 members (excludes halogenated alkanes) is 13. The molecule has 2 N–H and O–H groups in total. The Bertz CT molecular complexity index is 384. The van der Waals surface area contributed by atoms with Crippen molar-refractivity contribution in [3.8, 4) is 0 Å². The van der Waals surface area contributed by atoms with Gasteiger partial charge in [-0.25, -0.2) is 0 Å². The number of carboxylic acids is 2. The fourth-order valence-electron chi connectivity index (χ4n) is 3.98. The van der Waals surface area contributed by atoms with Crippen molar-refractivity contribution in [1.82, 2.24) is 0 Å². The predicted octanol–water partition coefficient (Wildman–Crippen LogP) is 7.29. The van der Waals surface area contributed by atoms with E-state index in [-0.39, 0.29) is 64.1 Å². The summed E-state index contributed by atoms with van der Waals surface area (Å²) < 4.78 is 0. The summed E-state index contributed by atoms with van der Waals surface area (Å²) in [5.74, 6) is -3.39. The zero-order chi connectivity index (χ0) is 21.0. The molecule has 5 heteroatoms. The average Bonchev–Trinajstić information content (AvgIpc) is 2.65. The van der Waals surface area contributed by atoms with E-state index < -0.39 is 17.9 Å². The Labute approximate surface area is 223 Å². The molecule has 4 nitrogen and oxygen atoms in total. The van der Waals surface area contributed by atoms with Crippen LogP contribution in [-0.2, 0) is 9.59 Å². The standard InChI is InChI=1S/C24H46O4.Ba.2H/c1-3-5-7-9-10-11-12-13-15-17-19-21(18-16-14-8-6-4-2)20-22(23(25)26)24(27)28;;;/h21-22H,3-20H2,1-2H3,(H,25,26)(H,27,28);;;/q;+2;2*-1. The summed E-state index contributed by atoms with van der Waals surface area (Å²) >= 11 is 0. The molecule has 0 rings (SSSR count). The van der Waals surface area contributed by atoms with Gasteiger partial charge in [0.25, 0.3) is 0 Å². The Balaban J connectivity index is -0.00000121. The summed E-state index contributed by atoms with van der Waals surface area (Å²) in [4.78, 5) is 22.5. The minimum Gasteiger partial charge on any atom is -1.00 e. The molecule has 0 aliphatic carbocycles. The molecule has 0 aliphatic rings. The van der Waals surface area contributed by atoms with Crippen LogP contribution in [-0.4, -0.2) is 71.0 Å². The van der Waals surface area contributed by atoms with Gasteiger partial charge in [0.05, 0.1) is 0 Å². The van der Waals surface area contributed by atoms with E-state index in [1.165, 1.54) is 83.5 Å². The SMILES string of the molecule is CCCCCCCCCCCCC(CCCCCCC)CC(C(=O)O)C(=O)O.[Ba+2].[H-].[H-]. The van der Waals surface area contributed by atoms with E-state index in [2.05, 4.69) is 13.8 Å². The molecule has 0 saturated carbocycles. The van der Waals surface area contributed by atoms with Crippen molar-refractivity contribution < 1.29 is 22.7 Å². The first-order valence-electron chi connectivity index (χ1n) is 12.0. The Morgan fingerprint density at radius 3 is 1.24 bits per heavy atom. The monoisotopic (exact) mass is 538 g/mol. The summed E-state index contributed by atoms with van der Waals surface area (Å²) in [6.45, 7) is 4.44. The minimum absolute atomic E-state index is 0. The number of aliphatic carboxylic acids is 2. The first kappa shape index (κ1) is 31.7. The van der Waals surface area contributed by atoms with E-state index in [9.17, 15) is 19.8 Å². The molecule has 0 aromatic carbocycles. The van der Waals surface area contributed by atoms with Crippen LogP contribution >= 0.6 is 0 Å². The predicted molar refractivity (Wildman–Crippen MR) is 125 cm³/mol. The van der Waals surface area contributed by atoms with Crippen LogP contribution in [0.1, 0.15) is 132 Å². The molecule has 1 unspecified atom stereocenters. The molecule has 170 valence electrons. The van der Waals surface area contributed by atoms with Gasteiger partial charge in [-0.15, -0.1) is 0 Å². The topological polar surface area (TPSA) is 74.6 Å². The quantitative estimate of drug-likeness (QED) is 0.0915. The number of carbonyl (C=O) groups is 2. The second-order valence-corrected chi connectivity index (χ2v) is 8.50. The van der Waals surface area contributed by atoms with E-state index in [4.69, 9.17) is 0 Å². The molecule has 0 radical (unpaired) electrons. The molecule has 0 aliphatic heterocycles. The van der Waals surface area contributed by atoms with E-state index in [1.807, 2.05) is 0 Å². The molecule has 0 heterocycles. The number of carboxylic acid groups (broad SMARTS) is 2. The molecule has 0 fully saturated rings. The van der Waals surface area contributed by atoms with Gasteiger partial charge in [0, 0.05) is 0 Å². The van der Waals surface area contributed by atoms with Crippen LogP contribution in [0.4, 0.5) is 0 Å². The number of hydrogen-bond donors (Lipinski definition) is 2. The van der Waals surface area contributed by atoms with E-state index >= 15 is 0 Å². The maximum absolute atomic E-state index is 11.3. The Hall–Kier alpha value is 0.511. The molecule has 29 heavy (non-hydrogen) atoms. The Morgan fingerprint density at radius 1 is 0.621 bits per heavy atom. The second-order valence-electron chi connectivity index (χ2n) is 8.50. The van der Waals surface area contributed by atoms with Crippen LogP contribution < -0.4 is 0 Å². The van der Waals surface area contributed by atoms with Gasteiger partial charge in [-0.3, -0.25) is 9.59 Å². The van der Waals surface area contributed by atoms with E-state index in [0.717, 1.165) is 25.7 Å². The summed E-state index contributed by atoms with van der Waals surface area (Å²) in [5.41, 5.74) is 0. The summed E-state index contributed by atoms with van der Waals surface area (Å²) in [6.07, 6.45) is 21.1. The van der Waals surface area contributed by atoms with Crippen LogP contribution in [0.15, 0.2) is 0 Å². The smallest absolute Gasteiger partial charge is 1.00 e. The van der Waals surface area contributed by atoms with Gasteiger partial charge in [-0.1, -0.05) is 123 Å². The molecule has 0 amide bonds. The third-order valence-corrected chi connectivity index (χ3v) is 5.85. The number of hydrogen-bond acceptors (Lipinski definition) is 2. The normalized spacial score (nSPS) is 12.0. The second kappa shape index (κ2) is 23.2. The van der Waals surface area contributed by atoms with Crippen molar-refractivity contribution in [2.75, 3.05) is 0 Å². The molecular weight excluding hydrogens is 490 g/mol. The summed E-state index contributed by atoms with van der Waals surface area (Å²) in [6, 6.07) is 0. The third-order valence-electron chi connectivity index (χ3n) is 5.85. The first-order chi connectivity index (χ1) is 13.5. The van der Waals surface area contributed by atoms with Crippen LogP contribution in [0.25, 0.3) is 0 Å². The van der Waals surface area contributed by atoms with Gasteiger partial charge in [0.1, 0.15) is 0 Å². The molecule has 0 aromatic rings. The van der Waals surface area contributed by atoms with Crippen molar-refractivity contribution in [2.45, 2.75) is 129 Å². The Morgan fingerprint density at radius 2 is 0.931 bits per heavy atom. The maximum atomic E-state index is 11.3. The maximum Gasteiger partial charge on any atom is 2.00 e. The van der Waals surface area contributed by atoms with Gasteiger partial charge < -0.3 is 13.1 Å². The van der Waals surface area contributed by atoms with Crippen LogP contribution in [0.2, 0.25) is 0 Å². The van der Waals surface area contributed by atoms with Gasteiger partial charge in [-0.05, 0) is 12.3 Å². The van der Waals surface area contributed by atoms with E-state index in [0.29, 0.717) is 0 Å². The first-order valence-corrected chi connectivity index (χ1v) is 12.0. The molecule has 0 spiro atoms. The molecule has 0 aromatic heterocycles. The molecular formula is C24H48BaO4. The van der Waals surface area contributed by atoms with Crippen LogP contribution in [0.5, 0.6) is 0 Å². The van der Waals surface area contributed by atoms with Gasteiger partial charge >= 0.3 is 60.8 Å². The van der Waals surface area contributed by atoms with Crippen molar-refractivity contribution >= 4 is 60.8 Å².